The van der Waals surface area contributed by atoms with Crippen LogP contribution in [0.2, 0.25) is 10.0 Å². The maximum atomic E-state index is 12.6. The monoisotopic (exact) mass is 459 g/mol. The van der Waals surface area contributed by atoms with Gasteiger partial charge in [-0.05, 0) is 37.0 Å². The minimum absolute atomic E-state index is 0.181. The smallest absolute Gasteiger partial charge is 0.413 e. The van der Waals surface area contributed by atoms with Gasteiger partial charge >= 0.3 is 12.1 Å². The molecule has 0 aliphatic heterocycles. The lowest BCUT2D eigenvalue weighted by molar-refractivity contribution is -0.156. The first-order valence-electron chi connectivity index (χ1n) is 9.24. The van der Waals surface area contributed by atoms with Gasteiger partial charge in [0.1, 0.15) is 0 Å². The Balaban J connectivity index is 0.00000124. The van der Waals surface area contributed by atoms with Gasteiger partial charge in [0.2, 0.25) is 5.95 Å². The van der Waals surface area contributed by atoms with Gasteiger partial charge in [-0.15, -0.1) is 10.2 Å². The molecule has 30 heavy (non-hydrogen) atoms. The maximum Gasteiger partial charge on any atom is 0.470 e. The summed E-state index contributed by atoms with van der Waals surface area (Å²) in [7, 11) is 0. The molecule has 1 aliphatic rings. The third-order valence-electron chi connectivity index (χ3n) is 4.57. The highest BCUT2D eigenvalue weighted by molar-refractivity contribution is 6.35. The second kappa shape index (κ2) is 8.77. The van der Waals surface area contributed by atoms with E-state index in [2.05, 4.69) is 29.9 Å². The van der Waals surface area contributed by atoms with Crippen LogP contribution in [0, 0.1) is 0 Å². The number of benzene rings is 1. The first-order chi connectivity index (χ1) is 14.3. The Morgan fingerprint density at radius 3 is 2.23 bits per heavy atom. The van der Waals surface area contributed by atoms with E-state index in [-0.39, 0.29) is 11.5 Å². The Morgan fingerprint density at radius 2 is 1.73 bits per heavy atom. The van der Waals surface area contributed by atoms with E-state index in [9.17, 15) is 13.2 Å². The largest absolute Gasteiger partial charge is 0.470 e. The quantitative estimate of drug-likeness (QED) is 0.488. The number of hydrogen-bond acceptors (Lipinski definition) is 6. The number of anilines is 1. The van der Waals surface area contributed by atoms with Crippen molar-refractivity contribution in [2.75, 3.05) is 5.32 Å². The molecular weight excluding hydrogens is 442 g/mol. The van der Waals surface area contributed by atoms with Gasteiger partial charge in [0.25, 0.3) is 5.89 Å². The fraction of sp³-hybridized carbons (Fsp3) is 0.368. The third-order valence-corrected chi connectivity index (χ3v) is 5.12. The summed E-state index contributed by atoms with van der Waals surface area (Å²) >= 11 is 12.3. The summed E-state index contributed by atoms with van der Waals surface area (Å²) in [6.45, 7) is 4.00. The van der Waals surface area contributed by atoms with Crippen molar-refractivity contribution in [2.24, 2.45) is 0 Å². The first-order valence-corrected chi connectivity index (χ1v) is 9.99. The molecule has 0 bridgehead atoms. The number of hydrogen-bond donors (Lipinski definition) is 1. The molecular formula is C19H18Cl2F3N5O. The maximum absolute atomic E-state index is 12.6. The Morgan fingerprint density at radius 1 is 1.07 bits per heavy atom. The molecule has 1 aliphatic carbocycles. The van der Waals surface area contributed by atoms with Crippen LogP contribution in [0.15, 0.2) is 35.0 Å². The van der Waals surface area contributed by atoms with Gasteiger partial charge in [-0.2, -0.15) is 13.2 Å². The van der Waals surface area contributed by atoms with Crippen LogP contribution in [-0.4, -0.2) is 20.2 Å². The number of rotatable bonds is 4. The minimum Gasteiger partial charge on any atom is -0.413 e. The Kier molecular flexibility index (Phi) is 6.52. The SMILES string of the molecule is CC.FC(F)(F)c1nnc(-c2cnc(NC3(c4ccc(Cl)cc4Cl)CCC3)nc2)o1. The number of alkyl halides is 3. The summed E-state index contributed by atoms with van der Waals surface area (Å²) in [6, 6.07) is 5.31. The molecule has 1 saturated carbocycles. The molecule has 2 aromatic heterocycles. The third kappa shape index (κ3) is 4.52. The zero-order valence-corrected chi connectivity index (χ0v) is 17.6. The number of halogens is 5. The fourth-order valence-corrected chi connectivity index (χ4v) is 3.63. The lowest BCUT2D eigenvalue weighted by atomic mass is 9.72. The number of nitrogens with zero attached hydrogens (tertiary/aromatic N) is 4. The summed E-state index contributed by atoms with van der Waals surface area (Å²) < 4.78 is 42.3. The van der Waals surface area contributed by atoms with Crippen LogP contribution in [-0.2, 0) is 11.7 Å². The fourth-order valence-electron chi connectivity index (χ4n) is 3.04. The molecule has 3 aromatic rings. The molecule has 1 fully saturated rings. The van der Waals surface area contributed by atoms with Crippen molar-refractivity contribution in [1.82, 2.24) is 20.2 Å². The minimum atomic E-state index is -4.71. The first kappa shape index (κ1) is 22.3. The van der Waals surface area contributed by atoms with E-state index >= 15 is 0 Å². The normalized spacial score (nSPS) is 15.0. The molecule has 0 spiro atoms. The van der Waals surface area contributed by atoms with Crippen LogP contribution in [0.5, 0.6) is 0 Å². The Hall–Kier alpha value is -2.39. The van der Waals surface area contributed by atoms with Gasteiger partial charge in [0, 0.05) is 22.4 Å². The predicted octanol–water partition coefficient (Wildman–Crippen LogP) is 6.37. The molecule has 0 radical (unpaired) electrons. The Bertz CT molecular complexity index is 1000. The zero-order valence-electron chi connectivity index (χ0n) is 16.1. The molecule has 2 heterocycles. The van der Waals surface area contributed by atoms with Crippen molar-refractivity contribution in [2.45, 2.75) is 44.8 Å². The van der Waals surface area contributed by atoms with Crippen molar-refractivity contribution in [3.8, 4) is 11.5 Å². The number of aromatic nitrogens is 4. The van der Waals surface area contributed by atoms with Crippen LogP contribution < -0.4 is 5.32 Å². The van der Waals surface area contributed by atoms with Crippen LogP contribution in [0.1, 0.15) is 44.6 Å². The van der Waals surface area contributed by atoms with E-state index in [1.807, 2.05) is 19.9 Å². The molecule has 0 unspecified atom stereocenters. The highest BCUT2D eigenvalue weighted by Crippen LogP contribution is 2.46. The van der Waals surface area contributed by atoms with E-state index in [1.165, 1.54) is 12.4 Å². The summed E-state index contributed by atoms with van der Waals surface area (Å²) in [5.41, 5.74) is 0.655. The van der Waals surface area contributed by atoms with Crippen molar-refractivity contribution in [3.63, 3.8) is 0 Å². The topological polar surface area (TPSA) is 76.7 Å². The predicted molar refractivity (Wildman–Crippen MR) is 107 cm³/mol. The van der Waals surface area contributed by atoms with Crippen molar-refractivity contribution in [1.29, 1.82) is 0 Å². The highest BCUT2D eigenvalue weighted by Gasteiger charge is 2.41. The number of nitrogens with one attached hydrogen (secondary N) is 1. The van der Waals surface area contributed by atoms with Gasteiger partial charge in [-0.3, -0.25) is 0 Å². The molecule has 0 saturated heterocycles. The second-order valence-electron chi connectivity index (χ2n) is 6.39. The summed E-state index contributed by atoms with van der Waals surface area (Å²) in [4.78, 5) is 8.33. The van der Waals surface area contributed by atoms with Gasteiger partial charge in [0.05, 0.1) is 11.1 Å². The molecule has 4 rings (SSSR count). The van der Waals surface area contributed by atoms with Crippen LogP contribution in [0.3, 0.4) is 0 Å². The summed E-state index contributed by atoms with van der Waals surface area (Å²) in [5, 5.41) is 10.7. The molecule has 0 amide bonds. The molecule has 1 aromatic carbocycles. The van der Waals surface area contributed by atoms with Gasteiger partial charge in [0.15, 0.2) is 0 Å². The van der Waals surface area contributed by atoms with Gasteiger partial charge in [-0.1, -0.05) is 43.1 Å². The van der Waals surface area contributed by atoms with Crippen molar-refractivity contribution >= 4 is 29.2 Å². The lowest BCUT2D eigenvalue weighted by Crippen LogP contribution is -2.42. The van der Waals surface area contributed by atoms with Gasteiger partial charge in [-0.25, -0.2) is 9.97 Å². The average Bonchev–Trinajstić information content (AvgIpc) is 3.18. The summed E-state index contributed by atoms with van der Waals surface area (Å²) in [5.74, 6) is -1.42. The second-order valence-corrected chi connectivity index (χ2v) is 7.23. The molecule has 1 N–H and O–H groups in total. The van der Waals surface area contributed by atoms with E-state index in [4.69, 9.17) is 23.2 Å². The molecule has 160 valence electrons. The zero-order chi connectivity index (χ0) is 21.9. The Labute approximate surface area is 180 Å². The van der Waals surface area contributed by atoms with Crippen molar-refractivity contribution in [3.05, 3.63) is 52.1 Å². The van der Waals surface area contributed by atoms with E-state index in [0.717, 1.165) is 24.8 Å². The molecule has 0 atom stereocenters. The van der Waals surface area contributed by atoms with Crippen molar-refractivity contribution < 1.29 is 17.6 Å². The molecule has 11 heteroatoms. The highest BCUT2D eigenvalue weighted by atomic mass is 35.5. The summed E-state index contributed by atoms with van der Waals surface area (Å²) in [6.07, 6.45) is 0.599. The van der Waals surface area contributed by atoms with E-state index in [0.29, 0.717) is 16.0 Å². The van der Waals surface area contributed by atoms with Crippen LogP contribution in [0.25, 0.3) is 11.5 Å². The van der Waals surface area contributed by atoms with E-state index in [1.54, 1.807) is 12.1 Å². The average molecular weight is 460 g/mol. The van der Waals surface area contributed by atoms with Crippen LogP contribution >= 0.6 is 23.2 Å². The lowest BCUT2D eigenvalue weighted by Gasteiger charge is -2.43. The van der Waals surface area contributed by atoms with Crippen LogP contribution in [0.4, 0.5) is 19.1 Å². The van der Waals surface area contributed by atoms with Gasteiger partial charge < -0.3 is 9.73 Å². The van der Waals surface area contributed by atoms with E-state index < -0.39 is 17.6 Å². The molecule has 6 nitrogen and oxygen atoms in total. The standard InChI is InChI=1S/C17H12Cl2F3N5O.C2H6/c18-10-2-3-11(12(19)6-10)16(4-1-5-16)25-15-23-7-9(8-24-15)13-26-27-14(28-13)17(20,21)22;1-2/h2-3,6-8H,1,4-5H2,(H,23,24,25);1-2H3.